The van der Waals surface area contributed by atoms with E-state index in [1.807, 2.05) is 12.1 Å². The number of nitrogens with zero attached hydrogens (tertiary/aromatic N) is 1. The van der Waals surface area contributed by atoms with Crippen molar-refractivity contribution >= 4 is 17.2 Å². The molecule has 0 amide bonds. The van der Waals surface area contributed by atoms with Gasteiger partial charge in [0.25, 0.3) is 0 Å². The van der Waals surface area contributed by atoms with Crippen LogP contribution in [0.1, 0.15) is 37.7 Å². The van der Waals surface area contributed by atoms with Gasteiger partial charge in [0, 0.05) is 17.8 Å². The van der Waals surface area contributed by atoms with E-state index in [1.165, 1.54) is 19.3 Å². The van der Waals surface area contributed by atoms with Crippen LogP contribution in [-0.2, 0) is 0 Å². The Morgan fingerprint density at radius 3 is 2.62 bits per heavy atom. The summed E-state index contributed by atoms with van der Waals surface area (Å²) in [6, 6.07) is 3.69. The zero-order valence-electron chi connectivity index (χ0n) is 9.19. The van der Waals surface area contributed by atoms with Crippen LogP contribution < -0.4 is 10.5 Å². The fourth-order valence-electron chi connectivity index (χ4n) is 1.95. The number of thiocarbonyl (C=S) groups is 1. The van der Waals surface area contributed by atoms with Gasteiger partial charge in [0.05, 0.1) is 0 Å². The Labute approximate surface area is 101 Å². The summed E-state index contributed by atoms with van der Waals surface area (Å²) in [5.74, 6) is 0.673. The summed E-state index contributed by atoms with van der Waals surface area (Å²) in [4.78, 5) is 4.58. The Bertz CT molecular complexity index is 358. The first kappa shape index (κ1) is 11.3. The van der Waals surface area contributed by atoms with Gasteiger partial charge in [0.1, 0.15) is 11.1 Å². The van der Waals surface area contributed by atoms with Gasteiger partial charge in [-0.15, -0.1) is 0 Å². The lowest BCUT2D eigenvalue weighted by Gasteiger charge is -2.22. The van der Waals surface area contributed by atoms with Crippen LogP contribution in [0.2, 0.25) is 0 Å². The minimum absolute atomic E-state index is 0.330. The first-order valence-corrected chi connectivity index (χ1v) is 6.09. The number of pyridine rings is 1. The number of hydrogen-bond acceptors (Lipinski definition) is 3. The first-order chi connectivity index (χ1) is 7.75. The lowest BCUT2D eigenvalue weighted by molar-refractivity contribution is 0.148. The van der Waals surface area contributed by atoms with Gasteiger partial charge in [-0.2, -0.15) is 0 Å². The highest BCUT2D eigenvalue weighted by atomic mass is 32.1. The van der Waals surface area contributed by atoms with Gasteiger partial charge in [0.15, 0.2) is 0 Å². The second-order valence-electron chi connectivity index (χ2n) is 4.13. The van der Waals surface area contributed by atoms with Gasteiger partial charge in [0.2, 0.25) is 5.88 Å². The van der Waals surface area contributed by atoms with E-state index < -0.39 is 0 Å². The summed E-state index contributed by atoms with van der Waals surface area (Å²) in [5, 5.41) is 0. The first-order valence-electron chi connectivity index (χ1n) is 5.68. The van der Waals surface area contributed by atoms with Crippen LogP contribution in [0.3, 0.4) is 0 Å². The standard InChI is InChI=1S/C12H16N2OS/c13-12(16)9-6-7-11(14-8-9)15-10-4-2-1-3-5-10/h6-8,10H,1-5H2,(H2,13,16). The number of hydrogen-bond donors (Lipinski definition) is 1. The van der Waals surface area contributed by atoms with Crippen molar-refractivity contribution < 1.29 is 4.74 Å². The molecule has 0 spiro atoms. The maximum atomic E-state index is 5.79. The quantitative estimate of drug-likeness (QED) is 0.819. The third-order valence-corrected chi connectivity index (χ3v) is 3.10. The average molecular weight is 236 g/mol. The molecule has 1 aromatic heterocycles. The van der Waals surface area contributed by atoms with Crippen molar-refractivity contribution in [3.05, 3.63) is 23.9 Å². The Balaban J connectivity index is 1.96. The monoisotopic (exact) mass is 236 g/mol. The Hall–Kier alpha value is -1.16. The van der Waals surface area contributed by atoms with E-state index in [2.05, 4.69) is 4.98 Å². The third kappa shape index (κ3) is 2.92. The zero-order valence-corrected chi connectivity index (χ0v) is 10.0. The molecular formula is C12H16N2OS. The van der Waals surface area contributed by atoms with Crippen molar-refractivity contribution in [2.45, 2.75) is 38.2 Å². The van der Waals surface area contributed by atoms with E-state index in [-0.39, 0.29) is 0 Å². The van der Waals surface area contributed by atoms with Crippen molar-refractivity contribution in [3.63, 3.8) is 0 Å². The molecule has 1 heterocycles. The molecule has 0 aliphatic heterocycles. The SMILES string of the molecule is NC(=S)c1ccc(OC2CCCCC2)nc1. The molecule has 2 rings (SSSR count). The molecule has 1 aromatic rings. The number of rotatable bonds is 3. The Morgan fingerprint density at radius 2 is 2.06 bits per heavy atom. The van der Waals surface area contributed by atoms with Gasteiger partial charge in [-0.05, 0) is 31.7 Å². The van der Waals surface area contributed by atoms with Crippen LogP contribution in [0, 0.1) is 0 Å². The van der Waals surface area contributed by atoms with Crippen LogP contribution in [-0.4, -0.2) is 16.1 Å². The zero-order chi connectivity index (χ0) is 11.4. The lowest BCUT2D eigenvalue weighted by atomic mass is 9.98. The minimum atomic E-state index is 0.330. The normalized spacial score (nSPS) is 17.0. The summed E-state index contributed by atoms with van der Waals surface area (Å²) >= 11 is 4.86. The second-order valence-corrected chi connectivity index (χ2v) is 4.57. The molecule has 1 saturated carbocycles. The van der Waals surface area contributed by atoms with E-state index >= 15 is 0 Å². The van der Waals surface area contributed by atoms with E-state index in [9.17, 15) is 0 Å². The summed E-state index contributed by atoms with van der Waals surface area (Å²) in [7, 11) is 0. The smallest absolute Gasteiger partial charge is 0.213 e. The van der Waals surface area contributed by atoms with E-state index in [1.54, 1.807) is 6.20 Å². The molecule has 4 heteroatoms. The summed E-state index contributed by atoms with van der Waals surface area (Å²) in [5.41, 5.74) is 6.28. The van der Waals surface area contributed by atoms with Crippen molar-refractivity contribution in [2.24, 2.45) is 5.73 Å². The maximum absolute atomic E-state index is 5.79. The van der Waals surface area contributed by atoms with Crippen molar-refractivity contribution in [3.8, 4) is 5.88 Å². The molecule has 86 valence electrons. The number of ether oxygens (including phenoxy) is 1. The Morgan fingerprint density at radius 1 is 1.31 bits per heavy atom. The number of nitrogens with two attached hydrogens (primary N) is 1. The molecule has 0 saturated heterocycles. The molecule has 16 heavy (non-hydrogen) atoms. The molecular weight excluding hydrogens is 220 g/mol. The molecule has 1 aliphatic rings. The van der Waals surface area contributed by atoms with Crippen LogP contribution in [0.25, 0.3) is 0 Å². The lowest BCUT2D eigenvalue weighted by Crippen LogP contribution is -2.20. The fraction of sp³-hybridized carbons (Fsp3) is 0.500. The largest absolute Gasteiger partial charge is 0.474 e. The van der Waals surface area contributed by atoms with Gasteiger partial charge >= 0.3 is 0 Å². The number of aromatic nitrogens is 1. The molecule has 0 atom stereocenters. The summed E-state index contributed by atoms with van der Waals surface area (Å²) < 4.78 is 5.79. The molecule has 0 aromatic carbocycles. The van der Waals surface area contributed by atoms with Crippen molar-refractivity contribution in [1.82, 2.24) is 4.98 Å². The molecule has 0 radical (unpaired) electrons. The topological polar surface area (TPSA) is 48.1 Å². The fourth-order valence-corrected chi connectivity index (χ4v) is 2.07. The van der Waals surface area contributed by atoms with Crippen LogP contribution >= 0.6 is 12.2 Å². The van der Waals surface area contributed by atoms with Crippen molar-refractivity contribution in [1.29, 1.82) is 0 Å². The van der Waals surface area contributed by atoms with Crippen LogP contribution in [0.15, 0.2) is 18.3 Å². The molecule has 1 fully saturated rings. The molecule has 0 unspecified atom stereocenters. The second kappa shape index (κ2) is 5.25. The third-order valence-electron chi connectivity index (χ3n) is 2.86. The highest BCUT2D eigenvalue weighted by Gasteiger charge is 2.15. The van der Waals surface area contributed by atoms with Gasteiger partial charge in [-0.1, -0.05) is 18.6 Å². The molecule has 2 N–H and O–H groups in total. The highest BCUT2D eigenvalue weighted by Crippen LogP contribution is 2.22. The Kier molecular flexibility index (Phi) is 3.72. The van der Waals surface area contributed by atoms with Crippen LogP contribution in [0.5, 0.6) is 5.88 Å². The highest BCUT2D eigenvalue weighted by molar-refractivity contribution is 7.80. The van der Waals surface area contributed by atoms with Gasteiger partial charge in [-0.25, -0.2) is 4.98 Å². The molecule has 0 bridgehead atoms. The van der Waals surface area contributed by atoms with Gasteiger partial charge in [-0.3, -0.25) is 0 Å². The van der Waals surface area contributed by atoms with Gasteiger partial charge < -0.3 is 10.5 Å². The van der Waals surface area contributed by atoms with E-state index in [0.29, 0.717) is 17.0 Å². The molecule has 3 nitrogen and oxygen atoms in total. The molecule has 1 aliphatic carbocycles. The minimum Gasteiger partial charge on any atom is -0.474 e. The van der Waals surface area contributed by atoms with Crippen LogP contribution in [0.4, 0.5) is 0 Å². The predicted octanol–water partition coefficient (Wildman–Crippen LogP) is 2.43. The predicted molar refractivity (Wildman–Crippen MR) is 67.6 cm³/mol. The summed E-state index contributed by atoms with van der Waals surface area (Å²) in [6.45, 7) is 0. The average Bonchev–Trinajstić information content (AvgIpc) is 2.31. The van der Waals surface area contributed by atoms with Crippen molar-refractivity contribution in [2.75, 3.05) is 0 Å². The maximum Gasteiger partial charge on any atom is 0.213 e. The van der Waals surface area contributed by atoms with E-state index in [0.717, 1.165) is 18.4 Å². The summed E-state index contributed by atoms with van der Waals surface area (Å²) in [6.07, 6.45) is 8.12. The van der Waals surface area contributed by atoms with E-state index in [4.69, 9.17) is 22.7 Å².